The van der Waals surface area contributed by atoms with Gasteiger partial charge in [-0.2, -0.15) is 0 Å². The minimum absolute atomic E-state index is 0.308. The van der Waals surface area contributed by atoms with Gasteiger partial charge in [0.2, 0.25) is 0 Å². The number of benzene rings is 6. The molecule has 0 atom stereocenters. The molecule has 4 amide bonds. The molecule has 6 nitrogen and oxygen atoms in total. The molecule has 0 unspecified atom stereocenters. The van der Waals surface area contributed by atoms with Gasteiger partial charge in [-0.1, -0.05) is 98.5 Å². The number of imide groups is 2. The van der Waals surface area contributed by atoms with E-state index in [-0.39, 0.29) is 0 Å². The fraction of sp³-hybridized carbons (Fsp3) is 0.240. The summed E-state index contributed by atoms with van der Waals surface area (Å²) in [7, 11) is 0. The SMILES string of the molecule is O=C1c2ccc3c4c(ccc(c24)C(=O)N1c1ccc(C2CCCC2)cc1SCc1ccccc1)C(=O)N(c1ccc(C2CCCC2)cc1SCc1ccccc1)C3=O. The average molecular weight is 799 g/mol. The number of carbonyl (C=O) groups is 4. The summed E-state index contributed by atoms with van der Waals surface area (Å²) in [5.74, 6) is 0.478. The standard InChI is InChI=1S/C50H42N2O4S2/c53-47-37-21-23-39-46-40(50(56)52(49(39)55)42-26-20-36(34-17-9-10-18-34)28-44(42)58-30-32-13-5-2-6-14-32)24-22-38(45(37)46)48(54)51(47)41-25-19-35(33-15-7-8-16-33)27-43(41)57-29-31-11-3-1-4-12-31/h1-6,11-14,19-28,33-34H,7-10,15-18,29-30H2. The molecule has 0 bridgehead atoms. The highest BCUT2D eigenvalue weighted by molar-refractivity contribution is 7.99. The molecule has 6 aromatic carbocycles. The third-order valence-electron chi connectivity index (χ3n) is 12.5. The van der Waals surface area contributed by atoms with Gasteiger partial charge in [-0.15, -0.1) is 23.5 Å². The molecule has 2 saturated carbocycles. The predicted octanol–water partition coefficient (Wildman–Crippen LogP) is 12.3. The maximum Gasteiger partial charge on any atom is 0.266 e. The number of amides is 4. The lowest BCUT2D eigenvalue weighted by Gasteiger charge is -2.33. The van der Waals surface area contributed by atoms with Gasteiger partial charge < -0.3 is 0 Å². The molecule has 0 aromatic heterocycles. The number of nitrogens with zero attached hydrogens (tertiary/aromatic N) is 2. The summed E-state index contributed by atoms with van der Waals surface area (Å²) < 4.78 is 0. The van der Waals surface area contributed by atoms with Crippen LogP contribution in [-0.4, -0.2) is 23.6 Å². The summed E-state index contributed by atoms with van der Waals surface area (Å²) in [5, 5.41) is 0.748. The lowest BCUT2D eigenvalue weighted by atomic mass is 9.85. The van der Waals surface area contributed by atoms with Gasteiger partial charge in [-0.3, -0.25) is 19.2 Å². The van der Waals surface area contributed by atoms with Gasteiger partial charge in [0.25, 0.3) is 23.6 Å². The number of rotatable bonds is 10. The van der Waals surface area contributed by atoms with E-state index in [1.807, 2.05) is 48.5 Å². The average Bonchev–Trinajstić information content (AvgIpc) is 4.01. The van der Waals surface area contributed by atoms with Crippen LogP contribution in [0.3, 0.4) is 0 Å². The van der Waals surface area contributed by atoms with Crippen molar-refractivity contribution >= 4 is 69.3 Å². The van der Waals surface area contributed by atoms with Crippen molar-refractivity contribution in [3.8, 4) is 0 Å². The third-order valence-corrected chi connectivity index (χ3v) is 14.7. The van der Waals surface area contributed by atoms with Crippen LogP contribution in [0, 0.1) is 0 Å². The van der Waals surface area contributed by atoms with Crippen LogP contribution in [0.25, 0.3) is 10.8 Å². The summed E-state index contributed by atoms with van der Waals surface area (Å²) in [6.07, 6.45) is 9.37. The van der Waals surface area contributed by atoms with Crippen LogP contribution in [-0.2, 0) is 11.5 Å². The number of carbonyl (C=O) groups excluding carboxylic acids is 4. The van der Waals surface area contributed by atoms with Crippen LogP contribution < -0.4 is 9.80 Å². The van der Waals surface area contributed by atoms with Crippen LogP contribution in [0.1, 0.15) is 127 Å². The highest BCUT2D eigenvalue weighted by Gasteiger charge is 2.42. The van der Waals surface area contributed by atoms with Gasteiger partial charge in [0.1, 0.15) is 0 Å². The first-order valence-corrected chi connectivity index (χ1v) is 22.4. The van der Waals surface area contributed by atoms with Gasteiger partial charge in [-0.05, 0) is 108 Å². The zero-order valence-electron chi connectivity index (χ0n) is 32.1. The van der Waals surface area contributed by atoms with Crippen LogP contribution in [0.2, 0.25) is 0 Å². The van der Waals surface area contributed by atoms with Crippen LogP contribution in [0.15, 0.2) is 131 Å². The van der Waals surface area contributed by atoms with Gasteiger partial charge in [0.05, 0.1) is 11.4 Å². The second-order valence-corrected chi connectivity index (χ2v) is 18.0. The van der Waals surface area contributed by atoms with E-state index in [9.17, 15) is 19.2 Å². The Hall–Kier alpha value is -5.44. The highest BCUT2D eigenvalue weighted by atomic mass is 32.2. The topological polar surface area (TPSA) is 74.8 Å². The minimum Gasteiger partial charge on any atom is -0.268 e. The third kappa shape index (κ3) is 6.47. The van der Waals surface area contributed by atoms with Crippen molar-refractivity contribution in [2.45, 2.75) is 84.5 Å². The molecule has 0 saturated heterocycles. The van der Waals surface area contributed by atoms with E-state index >= 15 is 0 Å². The van der Waals surface area contributed by atoms with Gasteiger partial charge in [-0.25, -0.2) is 9.80 Å². The first-order valence-electron chi connectivity index (χ1n) is 20.4. The molecule has 0 N–H and O–H groups in total. The Morgan fingerprint density at radius 3 is 1.12 bits per heavy atom. The van der Waals surface area contributed by atoms with Crippen molar-refractivity contribution in [3.05, 3.63) is 166 Å². The van der Waals surface area contributed by atoms with Gasteiger partial charge >= 0.3 is 0 Å². The van der Waals surface area contributed by atoms with E-state index in [2.05, 4.69) is 48.5 Å². The van der Waals surface area contributed by atoms with Crippen molar-refractivity contribution in [2.24, 2.45) is 0 Å². The molecule has 58 heavy (non-hydrogen) atoms. The van der Waals surface area contributed by atoms with Crippen molar-refractivity contribution in [1.82, 2.24) is 0 Å². The molecule has 6 aromatic rings. The molecule has 8 heteroatoms. The van der Waals surface area contributed by atoms with E-state index in [1.54, 1.807) is 47.8 Å². The first kappa shape index (κ1) is 36.9. The van der Waals surface area contributed by atoms with Crippen LogP contribution in [0.5, 0.6) is 0 Å². The lowest BCUT2D eigenvalue weighted by molar-refractivity contribution is 0.0872. The number of anilines is 2. The first-order chi connectivity index (χ1) is 28.4. The maximum atomic E-state index is 14.6. The van der Waals surface area contributed by atoms with Crippen molar-refractivity contribution in [2.75, 3.05) is 9.80 Å². The van der Waals surface area contributed by atoms with E-state index in [4.69, 9.17) is 0 Å². The molecule has 288 valence electrons. The maximum absolute atomic E-state index is 14.6. The molecule has 4 aliphatic rings. The Balaban J connectivity index is 1.02. The second kappa shape index (κ2) is 15.4. The van der Waals surface area contributed by atoms with E-state index in [1.165, 1.54) is 46.6 Å². The molecular weight excluding hydrogens is 757 g/mol. The van der Waals surface area contributed by atoms with Gasteiger partial charge in [0, 0.05) is 54.3 Å². The summed E-state index contributed by atoms with van der Waals surface area (Å²) in [6, 6.07) is 39.4. The Morgan fingerprint density at radius 2 is 0.776 bits per heavy atom. The van der Waals surface area contributed by atoms with Crippen LogP contribution >= 0.6 is 23.5 Å². The quantitative estimate of drug-likeness (QED) is 0.101. The zero-order chi connectivity index (χ0) is 39.3. The van der Waals surface area contributed by atoms with Crippen molar-refractivity contribution < 1.29 is 19.2 Å². The Kier molecular flexibility index (Phi) is 9.78. The molecule has 2 fully saturated rings. The summed E-state index contributed by atoms with van der Waals surface area (Å²) in [5.41, 5.74) is 7.13. The minimum atomic E-state index is -0.458. The Bertz CT molecular complexity index is 2380. The fourth-order valence-electron chi connectivity index (χ4n) is 9.47. The Morgan fingerprint density at radius 1 is 0.431 bits per heavy atom. The summed E-state index contributed by atoms with van der Waals surface area (Å²) in [6.45, 7) is 0. The number of hydrogen-bond acceptors (Lipinski definition) is 6. The Labute approximate surface area is 347 Å². The molecule has 10 rings (SSSR count). The van der Waals surface area contributed by atoms with Crippen molar-refractivity contribution in [1.29, 1.82) is 0 Å². The zero-order valence-corrected chi connectivity index (χ0v) is 33.7. The molecule has 0 spiro atoms. The molecule has 2 aliphatic carbocycles. The summed E-state index contributed by atoms with van der Waals surface area (Å²) >= 11 is 3.26. The largest absolute Gasteiger partial charge is 0.268 e. The second-order valence-electron chi connectivity index (χ2n) is 15.9. The van der Waals surface area contributed by atoms with E-state index < -0.39 is 23.6 Å². The monoisotopic (exact) mass is 798 g/mol. The molecule has 0 radical (unpaired) electrons. The highest BCUT2D eigenvalue weighted by Crippen LogP contribution is 2.46. The summed E-state index contributed by atoms with van der Waals surface area (Å²) in [4.78, 5) is 62.9. The molecule has 2 aliphatic heterocycles. The number of hydrogen-bond donors (Lipinski definition) is 0. The van der Waals surface area contributed by atoms with E-state index in [0.29, 0.717) is 67.7 Å². The molecular formula is C50H42N2O4S2. The normalized spacial score (nSPS) is 17.0. The number of thioether (sulfide) groups is 2. The van der Waals surface area contributed by atoms with Crippen molar-refractivity contribution in [3.63, 3.8) is 0 Å². The lowest BCUT2D eigenvalue weighted by Crippen LogP contribution is -2.43. The predicted molar refractivity (Wildman–Crippen MR) is 234 cm³/mol. The van der Waals surface area contributed by atoms with E-state index in [0.717, 1.165) is 46.6 Å². The fourth-order valence-corrected chi connectivity index (χ4v) is 11.6. The smallest absolute Gasteiger partial charge is 0.266 e. The molecule has 2 heterocycles. The van der Waals surface area contributed by atoms with Crippen LogP contribution in [0.4, 0.5) is 11.4 Å². The van der Waals surface area contributed by atoms with Gasteiger partial charge in [0.15, 0.2) is 0 Å².